The average Bonchev–Trinajstić information content (AvgIpc) is 2.99. The van der Waals surface area contributed by atoms with Crippen LogP contribution in [0.4, 0.5) is 0 Å². The highest BCUT2D eigenvalue weighted by Gasteiger charge is 2.31. The van der Waals surface area contributed by atoms with Crippen molar-refractivity contribution < 1.29 is 4.79 Å². The largest absolute Gasteiger partial charge is 0.355 e. The maximum absolute atomic E-state index is 12.0. The number of aromatic nitrogens is 1. The second-order valence-corrected chi connectivity index (χ2v) is 5.48. The fraction of sp³-hybridized carbons (Fsp3) is 0.667. The van der Waals surface area contributed by atoms with Gasteiger partial charge in [-0.3, -0.25) is 4.79 Å². The van der Waals surface area contributed by atoms with Crippen molar-refractivity contribution in [1.29, 1.82) is 0 Å². The fourth-order valence-electron chi connectivity index (χ4n) is 2.46. The van der Waals surface area contributed by atoms with Crippen LogP contribution in [0.5, 0.6) is 0 Å². The molecule has 2 atom stereocenters. The molecule has 0 aromatic carbocycles. The molecule has 1 heterocycles. The maximum Gasteiger partial charge on any atom is 0.223 e. The molecule has 1 amide bonds. The third-order valence-corrected chi connectivity index (χ3v) is 4.26. The first kappa shape index (κ1) is 12.5. The first-order valence-corrected chi connectivity index (χ1v) is 7.05. The highest BCUT2D eigenvalue weighted by molar-refractivity contribution is 7.09. The van der Waals surface area contributed by atoms with E-state index in [-0.39, 0.29) is 11.8 Å². The molecular formula is C12H19N3OS. The quantitative estimate of drug-likeness (QED) is 0.828. The molecule has 1 saturated carbocycles. The summed E-state index contributed by atoms with van der Waals surface area (Å²) in [5.74, 6) is 0.695. The van der Waals surface area contributed by atoms with Crippen LogP contribution >= 0.6 is 11.3 Å². The number of carbonyl (C=O) groups is 1. The summed E-state index contributed by atoms with van der Waals surface area (Å²) in [5, 5.41) is 6.03. The van der Waals surface area contributed by atoms with Crippen LogP contribution in [0.2, 0.25) is 0 Å². The van der Waals surface area contributed by atoms with Gasteiger partial charge in [0.25, 0.3) is 0 Å². The van der Waals surface area contributed by atoms with Gasteiger partial charge in [-0.2, -0.15) is 0 Å². The molecule has 1 fully saturated rings. The Hall–Kier alpha value is -0.940. The van der Waals surface area contributed by atoms with E-state index in [1.807, 2.05) is 5.38 Å². The van der Waals surface area contributed by atoms with Gasteiger partial charge in [0.1, 0.15) is 0 Å². The average molecular weight is 253 g/mol. The van der Waals surface area contributed by atoms with Gasteiger partial charge in [0, 0.05) is 30.5 Å². The minimum atomic E-state index is 0.135. The number of amides is 1. The second kappa shape index (κ2) is 6.12. The summed E-state index contributed by atoms with van der Waals surface area (Å²) in [5.41, 5.74) is 5.68. The topological polar surface area (TPSA) is 68.0 Å². The molecule has 1 aliphatic carbocycles. The summed E-state index contributed by atoms with van der Waals surface area (Å²) in [6.07, 6.45) is 5.84. The lowest BCUT2D eigenvalue weighted by atomic mass is 9.95. The van der Waals surface area contributed by atoms with Gasteiger partial charge in [-0.05, 0) is 25.3 Å². The Kier molecular flexibility index (Phi) is 4.50. The number of rotatable bonds is 5. The Morgan fingerprint density at radius 2 is 2.47 bits per heavy atom. The van der Waals surface area contributed by atoms with Crippen LogP contribution in [0.1, 0.15) is 24.3 Å². The first-order chi connectivity index (χ1) is 8.31. The van der Waals surface area contributed by atoms with Gasteiger partial charge in [-0.1, -0.05) is 6.42 Å². The Morgan fingerprint density at radius 1 is 1.59 bits per heavy atom. The minimum absolute atomic E-state index is 0.135. The number of hydrogen-bond acceptors (Lipinski definition) is 4. The molecule has 1 aromatic heterocycles. The zero-order valence-corrected chi connectivity index (χ0v) is 10.7. The molecule has 3 N–H and O–H groups in total. The van der Waals surface area contributed by atoms with E-state index in [9.17, 15) is 4.79 Å². The van der Waals surface area contributed by atoms with E-state index in [0.29, 0.717) is 19.0 Å². The predicted octanol–water partition coefficient (Wildman–Crippen LogP) is 1.18. The predicted molar refractivity (Wildman–Crippen MR) is 68.7 cm³/mol. The Morgan fingerprint density at radius 3 is 3.18 bits per heavy atom. The van der Waals surface area contributed by atoms with Crippen LogP contribution in [0.3, 0.4) is 0 Å². The Bertz CT molecular complexity index is 353. The van der Waals surface area contributed by atoms with Gasteiger partial charge >= 0.3 is 0 Å². The standard InChI is InChI=1S/C12H19N3OS/c13-8-9-2-1-3-10(9)12(16)15-5-4-11-14-6-7-17-11/h6-7,9-10H,1-5,8,13H2,(H,15,16)/t9-,10-/m1/s1. The number of nitrogens with zero attached hydrogens (tertiary/aromatic N) is 1. The minimum Gasteiger partial charge on any atom is -0.355 e. The Labute approximate surface area is 106 Å². The van der Waals surface area contributed by atoms with Crippen molar-refractivity contribution in [2.45, 2.75) is 25.7 Å². The van der Waals surface area contributed by atoms with Crippen LogP contribution in [-0.4, -0.2) is 24.0 Å². The van der Waals surface area contributed by atoms with E-state index in [1.165, 1.54) is 0 Å². The first-order valence-electron chi connectivity index (χ1n) is 6.17. The van der Waals surface area contributed by atoms with Gasteiger partial charge in [-0.25, -0.2) is 4.98 Å². The van der Waals surface area contributed by atoms with Crippen LogP contribution < -0.4 is 11.1 Å². The lowest BCUT2D eigenvalue weighted by Gasteiger charge is -2.17. The molecule has 1 aromatic rings. The fourth-order valence-corrected chi connectivity index (χ4v) is 3.08. The van der Waals surface area contributed by atoms with Gasteiger partial charge < -0.3 is 11.1 Å². The molecule has 94 valence electrons. The molecule has 0 bridgehead atoms. The van der Waals surface area contributed by atoms with Crippen molar-refractivity contribution in [3.8, 4) is 0 Å². The van der Waals surface area contributed by atoms with Gasteiger partial charge in [0.15, 0.2) is 0 Å². The zero-order valence-electron chi connectivity index (χ0n) is 9.89. The van der Waals surface area contributed by atoms with Crippen LogP contribution in [0.25, 0.3) is 0 Å². The number of hydrogen-bond donors (Lipinski definition) is 2. The Balaban J connectivity index is 1.73. The molecule has 1 aliphatic rings. The van der Waals surface area contributed by atoms with Crippen molar-refractivity contribution in [3.63, 3.8) is 0 Å². The van der Waals surface area contributed by atoms with E-state index < -0.39 is 0 Å². The van der Waals surface area contributed by atoms with E-state index in [4.69, 9.17) is 5.73 Å². The van der Waals surface area contributed by atoms with Gasteiger partial charge in [0.05, 0.1) is 5.01 Å². The van der Waals surface area contributed by atoms with Gasteiger partial charge in [0.2, 0.25) is 5.91 Å². The molecule has 2 rings (SSSR count). The summed E-state index contributed by atoms with van der Waals surface area (Å²) in [6.45, 7) is 1.31. The van der Waals surface area contributed by atoms with Crippen LogP contribution in [0, 0.1) is 11.8 Å². The molecule has 0 saturated heterocycles. The van der Waals surface area contributed by atoms with E-state index in [0.717, 1.165) is 30.7 Å². The summed E-state index contributed by atoms with van der Waals surface area (Å²) < 4.78 is 0. The third kappa shape index (κ3) is 3.26. The van der Waals surface area contributed by atoms with E-state index in [2.05, 4.69) is 10.3 Å². The highest BCUT2D eigenvalue weighted by atomic mass is 32.1. The number of nitrogens with two attached hydrogens (primary N) is 1. The van der Waals surface area contributed by atoms with E-state index in [1.54, 1.807) is 17.5 Å². The summed E-state index contributed by atoms with van der Waals surface area (Å²) in [7, 11) is 0. The smallest absolute Gasteiger partial charge is 0.223 e. The van der Waals surface area contributed by atoms with E-state index >= 15 is 0 Å². The SMILES string of the molecule is NC[C@H]1CCC[C@H]1C(=O)NCCc1nccs1. The molecule has 17 heavy (non-hydrogen) atoms. The lowest BCUT2D eigenvalue weighted by Crippen LogP contribution is -2.36. The summed E-state index contributed by atoms with van der Waals surface area (Å²) in [4.78, 5) is 16.1. The lowest BCUT2D eigenvalue weighted by molar-refractivity contribution is -0.125. The second-order valence-electron chi connectivity index (χ2n) is 4.50. The van der Waals surface area contributed by atoms with Crippen molar-refractivity contribution in [2.75, 3.05) is 13.1 Å². The maximum atomic E-state index is 12.0. The molecule has 0 unspecified atom stereocenters. The van der Waals surface area contributed by atoms with Crippen molar-refractivity contribution in [2.24, 2.45) is 17.6 Å². The van der Waals surface area contributed by atoms with Crippen molar-refractivity contribution >= 4 is 17.2 Å². The molecule has 0 spiro atoms. The number of nitrogens with one attached hydrogen (secondary N) is 1. The number of carbonyl (C=O) groups excluding carboxylic acids is 1. The monoisotopic (exact) mass is 253 g/mol. The van der Waals surface area contributed by atoms with Crippen molar-refractivity contribution in [1.82, 2.24) is 10.3 Å². The van der Waals surface area contributed by atoms with Crippen LogP contribution in [-0.2, 0) is 11.2 Å². The van der Waals surface area contributed by atoms with Crippen LogP contribution in [0.15, 0.2) is 11.6 Å². The number of thiazole rings is 1. The summed E-state index contributed by atoms with van der Waals surface area (Å²) in [6, 6.07) is 0. The molecule has 0 radical (unpaired) electrons. The molecule has 5 heteroatoms. The third-order valence-electron chi connectivity index (χ3n) is 3.42. The molecular weight excluding hydrogens is 234 g/mol. The van der Waals surface area contributed by atoms with Crippen molar-refractivity contribution in [3.05, 3.63) is 16.6 Å². The van der Waals surface area contributed by atoms with Gasteiger partial charge in [-0.15, -0.1) is 11.3 Å². The molecule has 0 aliphatic heterocycles. The normalized spacial score (nSPS) is 23.8. The summed E-state index contributed by atoms with van der Waals surface area (Å²) >= 11 is 1.63. The molecule has 4 nitrogen and oxygen atoms in total. The highest BCUT2D eigenvalue weighted by Crippen LogP contribution is 2.30. The zero-order chi connectivity index (χ0) is 12.1.